The highest BCUT2D eigenvalue weighted by molar-refractivity contribution is 7.91. The van der Waals surface area contributed by atoms with E-state index in [1.54, 1.807) is 10.4 Å². The molecule has 0 saturated carbocycles. The van der Waals surface area contributed by atoms with E-state index in [1.165, 1.54) is 11.3 Å². The van der Waals surface area contributed by atoms with Gasteiger partial charge in [0.15, 0.2) is 0 Å². The normalized spacial score (nSPS) is 21.2. The van der Waals surface area contributed by atoms with Gasteiger partial charge in [-0.15, -0.1) is 22.9 Å². The Morgan fingerprint density at radius 3 is 2.90 bits per heavy atom. The summed E-state index contributed by atoms with van der Waals surface area (Å²) in [6.45, 7) is 2.78. The van der Waals surface area contributed by atoms with E-state index >= 15 is 0 Å². The van der Waals surface area contributed by atoms with E-state index in [-0.39, 0.29) is 6.04 Å². The second-order valence-corrected chi connectivity index (χ2v) is 8.88. The van der Waals surface area contributed by atoms with Gasteiger partial charge in [-0.05, 0) is 37.8 Å². The van der Waals surface area contributed by atoms with E-state index in [4.69, 9.17) is 11.6 Å². The van der Waals surface area contributed by atoms with Gasteiger partial charge in [-0.1, -0.05) is 19.8 Å². The first-order chi connectivity index (χ1) is 9.59. The lowest BCUT2D eigenvalue weighted by Gasteiger charge is -2.34. The maximum atomic E-state index is 12.8. The summed E-state index contributed by atoms with van der Waals surface area (Å²) in [5.41, 5.74) is 0. The molecule has 0 aliphatic carbocycles. The van der Waals surface area contributed by atoms with Gasteiger partial charge in [0.2, 0.25) is 0 Å². The Morgan fingerprint density at radius 2 is 2.20 bits per heavy atom. The number of piperidine rings is 1. The molecular weight excluding hydrogens is 314 g/mol. The van der Waals surface area contributed by atoms with E-state index in [1.807, 2.05) is 6.07 Å². The molecule has 2 rings (SSSR count). The van der Waals surface area contributed by atoms with Crippen LogP contribution in [-0.4, -0.2) is 31.2 Å². The third kappa shape index (κ3) is 3.56. The van der Waals surface area contributed by atoms with Crippen LogP contribution >= 0.6 is 22.9 Å². The van der Waals surface area contributed by atoms with Crippen LogP contribution in [0.2, 0.25) is 0 Å². The number of halogens is 1. The Bertz CT molecular complexity index is 525. The summed E-state index contributed by atoms with van der Waals surface area (Å²) in [5, 5.41) is 0. The molecule has 0 N–H and O–H groups in total. The van der Waals surface area contributed by atoms with Gasteiger partial charge in [-0.2, -0.15) is 4.31 Å². The SMILES string of the molecule is CCCC1CCCCN1S(=O)(=O)c1ccc(CCCl)s1. The fourth-order valence-electron chi connectivity index (χ4n) is 2.75. The van der Waals surface area contributed by atoms with Crippen molar-refractivity contribution < 1.29 is 8.42 Å². The van der Waals surface area contributed by atoms with Gasteiger partial charge in [-0.25, -0.2) is 8.42 Å². The van der Waals surface area contributed by atoms with E-state index in [0.717, 1.165) is 43.4 Å². The Hall–Kier alpha value is -0.100. The Kier molecular flexibility index (Phi) is 5.90. The van der Waals surface area contributed by atoms with E-state index in [2.05, 4.69) is 6.92 Å². The molecule has 1 saturated heterocycles. The minimum Gasteiger partial charge on any atom is -0.206 e. The summed E-state index contributed by atoms with van der Waals surface area (Å²) in [6, 6.07) is 3.80. The fourth-order valence-corrected chi connectivity index (χ4v) is 6.28. The van der Waals surface area contributed by atoms with Gasteiger partial charge in [-0.3, -0.25) is 0 Å². The predicted octanol–water partition coefficient (Wildman–Crippen LogP) is 3.87. The minimum absolute atomic E-state index is 0.178. The largest absolute Gasteiger partial charge is 0.252 e. The molecule has 1 aliphatic rings. The van der Waals surface area contributed by atoms with Crippen molar-refractivity contribution in [1.29, 1.82) is 0 Å². The molecule has 1 unspecified atom stereocenters. The van der Waals surface area contributed by atoms with E-state index in [0.29, 0.717) is 16.6 Å². The molecule has 2 heterocycles. The second-order valence-electron chi connectivity index (χ2n) is 5.21. The molecule has 0 amide bonds. The van der Waals surface area contributed by atoms with Crippen LogP contribution in [0.25, 0.3) is 0 Å². The Morgan fingerprint density at radius 1 is 1.40 bits per heavy atom. The molecule has 114 valence electrons. The molecule has 0 aromatic carbocycles. The van der Waals surface area contributed by atoms with Crippen LogP contribution in [-0.2, 0) is 16.4 Å². The van der Waals surface area contributed by atoms with Crippen molar-refractivity contribution in [2.75, 3.05) is 12.4 Å². The topological polar surface area (TPSA) is 37.4 Å². The number of sulfonamides is 1. The molecule has 1 fully saturated rings. The highest BCUT2D eigenvalue weighted by Crippen LogP contribution is 2.31. The van der Waals surface area contributed by atoms with Gasteiger partial charge in [0.1, 0.15) is 4.21 Å². The lowest BCUT2D eigenvalue weighted by Crippen LogP contribution is -2.43. The van der Waals surface area contributed by atoms with Gasteiger partial charge in [0.05, 0.1) is 0 Å². The van der Waals surface area contributed by atoms with Crippen LogP contribution < -0.4 is 0 Å². The number of nitrogens with zero attached hydrogens (tertiary/aromatic N) is 1. The van der Waals surface area contributed by atoms with Crippen molar-refractivity contribution in [3.63, 3.8) is 0 Å². The zero-order valence-electron chi connectivity index (χ0n) is 11.8. The van der Waals surface area contributed by atoms with Crippen molar-refractivity contribution in [2.45, 2.75) is 55.7 Å². The molecule has 3 nitrogen and oxygen atoms in total. The van der Waals surface area contributed by atoms with Crippen LogP contribution in [0.5, 0.6) is 0 Å². The van der Waals surface area contributed by atoms with Gasteiger partial charge >= 0.3 is 0 Å². The van der Waals surface area contributed by atoms with E-state index < -0.39 is 10.0 Å². The van der Waals surface area contributed by atoms with Crippen LogP contribution in [0.4, 0.5) is 0 Å². The number of thiophene rings is 1. The summed E-state index contributed by atoms with van der Waals surface area (Å²) in [5.74, 6) is 0.530. The van der Waals surface area contributed by atoms with Crippen molar-refractivity contribution in [3.05, 3.63) is 17.0 Å². The molecule has 0 spiro atoms. The molecule has 6 heteroatoms. The van der Waals surface area contributed by atoms with Crippen molar-refractivity contribution in [1.82, 2.24) is 4.31 Å². The van der Waals surface area contributed by atoms with Crippen molar-refractivity contribution in [2.24, 2.45) is 0 Å². The summed E-state index contributed by atoms with van der Waals surface area (Å²) in [4.78, 5) is 1.04. The lowest BCUT2D eigenvalue weighted by molar-refractivity contribution is 0.240. The molecule has 1 aliphatic heterocycles. The van der Waals surface area contributed by atoms with Crippen LogP contribution in [0.15, 0.2) is 16.3 Å². The van der Waals surface area contributed by atoms with Gasteiger partial charge in [0.25, 0.3) is 10.0 Å². The molecule has 1 atom stereocenters. The lowest BCUT2D eigenvalue weighted by atomic mass is 10.0. The van der Waals surface area contributed by atoms with Crippen LogP contribution in [0.3, 0.4) is 0 Å². The van der Waals surface area contributed by atoms with Gasteiger partial charge in [0, 0.05) is 23.3 Å². The Balaban J connectivity index is 2.22. The average Bonchev–Trinajstić information content (AvgIpc) is 2.89. The molecule has 1 aromatic rings. The first kappa shape index (κ1) is 16.3. The minimum atomic E-state index is -3.32. The molecule has 20 heavy (non-hydrogen) atoms. The average molecular weight is 336 g/mol. The zero-order valence-corrected chi connectivity index (χ0v) is 14.2. The maximum absolute atomic E-state index is 12.8. The first-order valence-corrected chi connectivity index (χ1v) is 10.0. The highest BCUT2D eigenvalue weighted by Gasteiger charge is 2.33. The van der Waals surface area contributed by atoms with Crippen molar-refractivity contribution in [3.8, 4) is 0 Å². The summed E-state index contributed by atoms with van der Waals surface area (Å²) >= 11 is 7.08. The zero-order chi connectivity index (χ0) is 14.6. The van der Waals surface area contributed by atoms with Crippen molar-refractivity contribution >= 4 is 33.0 Å². The molecule has 1 aromatic heterocycles. The summed E-state index contributed by atoms with van der Waals surface area (Å²) in [7, 11) is -3.32. The monoisotopic (exact) mass is 335 g/mol. The summed E-state index contributed by atoms with van der Waals surface area (Å²) in [6.07, 6.45) is 5.82. The van der Waals surface area contributed by atoms with E-state index in [9.17, 15) is 8.42 Å². The number of aryl methyl sites for hydroxylation is 1. The summed E-state index contributed by atoms with van der Waals surface area (Å²) < 4.78 is 27.8. The smallest absolute Gasteiger partial charge is 0.206 e. The third-order valence-corrected chi connectivity index (χ3v) is 7.49. The number of rotatable bonds is 6. The highest BCUT2D eigenvalue weighted by atomic mass is 35.5. The third-order valence-electron chi connectivity index (χ3n) is 3.74. The molecule has 0 radical (unpaired) electrons. The number of hydrogen-bond acceptors (Lipinski definition) is 3. The maximum Gasteiger partial charge on any atom is 0.252 e. The first-order valence-electron chi connectivity index (χ1n) is 7.26. The fraction of sp³-hybridized carbons (Fsp3) is 0.714. The molecule has 0 bridgehead atoms. The molecular formula is C14H22ClNO2S2. The standard InChI is InChI=1S/C14H22ClNO2S2/c1-2-5-12-6-3-4-11-16(12)20(17,18)14-8-7-13(19-14)9-10-15/h7-8,12H,2-6,9-11H2,1H3. The number of hydrogen-bond donors (Lipinski definition) is 0. The predicted molar refractivity (Wildman–Crippen MR) is 85.2 cm³/mol. The Labute approximate surface area is 131 Å². The second kappa shape index (κ2) is 7.25. The number of alkyl halides is 1. The van der Waals surface area contributed by atoms with Gasteiger partial charge < -0.3 is 0 Å². The quantitative estimate of drug-likeness (QED) is 0.740. The van der Waals surface area contributed by atoms with Crippen LogP contribution in [0, 0.1) is 0 Å². The van der Waals surface area contributed by atoms with Crippen LogP contribution in [0.1, 0.15) is 43.9 Å².